The summed E-state index contributed by atoms with van der Waals surface area (Å²) in [5.41, 5.74) is 1.11. The molecular formula is C15H22N2O3. The highest BCUT2D eigenvalue weighted by molar-refractivity contribution is 5.81. The summed E-state index contributed by atoms with van der Waals surface area (Å²) in [6.07, 6.45) is 0.678. The molecule has 1 aliphatic rings. The Morgan fingerprint density at radius 1 is 1.20 bits per heavy atom. The number of aromatic hydroxyl groups is 1. The number of rotatable bonds is 3. The Bertz CT molecular complexity index is 474. The van der Waals surface area contributed by atoms with Gasteiger partial charge in [0.1, 0.15) is 5.75 Å². The van der Waals surface area contributed by atoms with Crippen molar-refractivity contribution in [1.82, 2.24) is 5.06 Å². The number of carbonyl (C=O) groups is 1. The van der Waals surface area contributed by atoms with Gasteiger partial charge in [0.2, 0.25) is 0 Å². The normalized spacial score (nSPS) is 17.2. The van der Waals surface area contributed by atoms with E-state index in [-0.39, 0.29) is 11.4 Å². The first kappa shape index (κ1) is 14.8. The van der Waals surface area contributed by atoms with E-state index in [9.17, 15) is 9.90 Å². The van der Waals surface area contributed by atoms with Crippen LogP contribution >= 0.6 is 0 Å². The zero-order chi connectivity index (χ0) is 14.8. The van der Waals surface area contributed by atoms with Crippen LogP contribution in [0.3, 0.4) is 0 Å². The lowest BCUT2D eigenvalue weighted by Crippen LogP contribution is -2.48. The minimum atomic E-state index is -0.175. The molecule has 2 rings (SSSR count). The van der Waals surface area contributed by atoms with E-state index in [0.29, 0.717) is 11.8 Å². The highest BCUT2D eigenvalue weighted by Gasteiger charge is 2.22. The molecule has 1 aromatic carbocycles. The highest BCUT2D eigenvalue weighted by Crippen LogP contribution is 2.24. The maximum absolute atomic E-state index is 10.9. The van der Waals surface area contributed by atoms with Gasteiger partial charge in [-0.25, -0.2) is 0 Å². The molecule has 0 amide bonds. The molecule has 1 heterocycles. The number of carbonyl (C=O) groups excluding carboxylic acids is 1. The molecule has 0 bridgehead atoms. The van der Waals surface area contributed by atoms with Gasteiger partial charge in [0, 0.05) is 31.9 Å². The number of phenols is 1. The zero-order valence-corrected chi connectivity index (χ0v) is 12.3. The van der Waals surface area contributed by atoms with Crippen LogP contribution in [0.5, 0.6) is 5.75 Å². The lowest BCUT2D eigenvalue weighted by molar-refractivity contribution is -0.230. The first-order valence-electron chi connectivity index (χ1n) is 6.86. The van der Waals surface area contributed by atoms with Crippen molar-refractivity contribution in [3.63, 3.8) is 0 Å². The molecular weight excluding hydrogens is 256 g/mol. The van der Waals surface area contributed by atoms with Crippen LogP contribution < -0.4 is 4.90 Å². The number of phenolic OH excluding ortho intramolecular Hbond substituents is 1. The van der Waals surface area contributed by atoms with Crippen molar-refractivity contribution < 1.29 is 14.7 Å². The Morgan fingerprint density at radius 3 is 2.40 bits per heavy atom. The van der Waals surface area contributed by atoms with Gasteiger partial charge in [-0.1, -0.05) is 0 Å². The Balaban J connectivity index is 1.98. The fraction of sp³-hybridized carbons (Fsp3) is 0.533. The molecule has 1 fully saturated rings. The molecule has 1 aromatic rings. The van der Waals surface area contributed by atoms with E-state index in [1.165, 1.54) is 0 Å². The smallest absolute Gasteiger partial charge is 0.153 e. The highest BCUT2D eigenvalue weighted by atomic mass is 16.7. The topological polar surface area (TPSA) is 53.0 Å². The molecule has 0 aliphatic carbocycles. The average molecular weight is 278 g/mol. The third-order valence-electron chi connectivity index (χ3n) is 3.14. The zero-order valence-electron chi connectivity index (χ0n) is 12.3. The lowest BCUT2D eigenvalue weighted by Gasteiger charge is -2.38. The maximum Gasteiger partial charge on any atom is 0.153 e. The van der Waals surface area contributed by atoms with E-state index in [0.717, 1.165) is 31.9 Å². The van der Waals surface area contributed by atoms with E-state index in [1.54, 1.807) is 12.1 Å². The second-order valence-electron chi connectivity index (χ2n) is 5.98. The number of anilines is 1. The summed E-state index contributed by atoms with van der Waals surface area (Å²) in [4.78, 5) is 18.9. The molecule has 1 N–H and O–H groups in total. The van der Waals surface area contributed by atoms with Gasteiger partial charge >= 0.3 is 0 Å². The van der Waals surface area contributed by atoms with E-state index < -0.39 is 0 Å². The molecule has 0 saturated carbocycles. The van der Waals surface area contributed by atoms with Crippen molar-refractivity contribution in [3.05, 3.63) is 23.8 Å². The molecule has 0 aromatic heterocycles. The van der Waals surface area contributed by atoms with Crippen LogP contribution in [0.2, 0.25) is 0 Å². The van der Waals surface area contributed by atoms with Crippen LogP contribution in [0.15, 0.2) is 18.2 Å². The molecule has 0 unspecified atom stereocenters. The van der Waals surface area contributed by atoms with E-state index in [4.69, 9.17) is 4.84 Å². The lowest BCUT2D eigenvalue weighted by atomic mass is 10.1. The molecule has 0 radical (unpaired) electrons. The van der Waals surface area contributed by atoms with E-state index in [1.807, 2.05) is 31.9 Å². The summed E-state index contributed by atoms with van der Waals surface area (Å²) in [7, 11) is 0. The molecule has 1 saturated heterocycles. The number of piperazine rings is 1. The van der Waals surface area contributed by atoms with Crippen LogP contribution in [-0.2, 0) is 4.84 Å². The van der Waals surface area contributed by atoms with Gasteiger partial charge in [0.05, 0.1) is 11.2 Å². The van der Waals surface area contributed by atoms with Crippen molar-refractivity contribution >= 4 is 12.0 Å². The predicted molar refractivity (Wildman–Crippen MR) is 78.1 cm³/mol. The summed E-state index contributed by atoms with van der Waals surface area (Å²) in [6.45, 7) is 9.41. The maximum atomic E-state index is 10.9. The molecule has 1 aliphatic heterocycles. The summed E-state index contributed by atoms with van der Waals surface area (Å²) in [5, 5.41) is 11.5. The Morgan fingerprint density at radius 2 is 1.85 bits per heavy atom. The van der Waals surface area contributed by atoms with Crippen molar-refractivity contribution in [2.24, 2.45) is 0 Å². The standard InChI is InChI=1S/C15H22N2O3/c1-15(2,3)20-17-8-6-16(7-9-17)13-4-5-14(19)12(10-13)11-18/h4-5,10-11,19H,6-9H2,1-3H3. The number of hydroxylamine groups is 2. The van der Waals surface area contributed by atoms with Crippen LogP contribution in [0, 0.1) is 0 Å². The fourth-order valence-corrected chi connectivity index (χ4v) is 2.26. The molecule has 5 nitrogen and oxygen atoms in total. The van der Waals surface area contributed by atoms with E-state index >= 15 is 0 Å². The third kappa shape index (κ3) is 3.71. The Labute approximate surface area is 119 Å². The predicted octanol–water partition coefficient (Wildman–Crippen LogP) is 2.06. The van der Waals surface area contributed by atoms with Crippen LogP contribution in [0.25, 0.3) is 0 Å². The first-order valence-corrected chi connectivity index (χ1v) is 6.86. The molecule has 20 heavy (non-hydrogen) atoms. The average Bonchev–Trinajstić information content (AvgIpc) is 2.38. The molecule has 0 atom stereocenters. The summed E-state index contributed by atoms with van der Waals surface area (Å²) in [6, 6.07) is 5.13. The van der Waals surface area contributed by atoms with Gasteiger partial charge in [0.15, 0.2) is 6.29 Å². The SMILES string of the molecule is CC(C)(C)ON1CCN(c2ccc(O)c(C=O)c2)CC1. The number of nitrogens with zero attached hydrogens (tertiary/aromatic N) is 2. The van der Waals surface area contributed by atoms with Crippen molar-refractivity contribution in [2.45, 2.75) is 26.4 Å². The summed E-state index contributed by atoms with van der Waals surface area (Å²) in [5.74, 6) is 0.0263. The fourth-order valence-electron chi connectivity index (χ4n) is 2.26. The Hall–Kier alpha value is -1.59. The van der Waals surface area contributed by atoms with Gasteiger partial charge in [-0.05, 0) is 39.0 Å². The van der Waals surface area contributed by atoms with Gasteiger partial charge in [0.25, 0.3) is 0 Å². The number of aldehydes is 1. The van der Waals surface area contributed by atoms with Crippen LogP contribution in [0.4, 0.5) is 5.69 Å². The summed E-state index contributed by atoms with van der Waals surface area (Å²) >= 11 is 0. The van der Waals surface area contributed by atoms with Gasteiger partial charge in [-0.3, -0.25) is 9.63 Å². The molecule has 110 valence electrons. The monoisotopic (exact) mass is 278 g/mol. The summed E-state index contributed by atoms with van der Waals surface area (Å²) < 4.78 is 0. The second-order valence-corrected chi connectivity index (χ2v) is 5.98. The quantitative estimate of drug-likeness (QED) is 0.858. The third-order valence-corrected chi connectivity index (χ3v) is 3.14. The van der Waals surface area contributed by atoms with E-state index in [2.05, 4.69) is 4.90 Å². The van der Waals surface area contributed by atoms with Gasteiger partial charge in [-0.15, -0.1) is 0 Å². The van der Waals surface area contributed by atoms with Crippen molar-refractivity contribution in [2.75, 3.05) is 31.1 Å². The largest absolute Gasteiger partial charge is 0.507 e. The minimum absolute atomic E-state index is 0.0263. The number of hydrogen-bond acceptors (Lipinski definition) is 5. The number of hydrogen-bond donors (Lipinski definition) is 1. The molecule has 5 heteroatoms. The Kier molecular flexibility index (Phi) is 4.30. The first-order chi connectivity index (χ1) is 9.39. The number of benzene rings is 1. The van der Waals surface area contributed by atoms with Crippen molar-refractivity contribution in [3.8, 4) is 5.75 Å². The van der Waals surface area contributed by atoms with Gasteiger partial charge in [-0.2, -0.15) is 5.06 Å². The van der Waals surface area contributed by atoms with Crippen molar-refractivity contribution in [1.29, 1.82) is 0 Å². The van der Waals surface area contributed by atoms with Crippen LogP contribution in [-0.4, -0.2) is 48.2 Å². The van der Waals surface area contributed by atoms with Gasteiger partial charge < -0.3 is 10.0 Å². The van der Waals surface area contributed by atoms with Crippen LogP contribution in [0.1, 0.15) is 31.1 Å². The second kappa shape index (κ2) is 5.81. The minimum Gasteiger partial charge on any atom is -0.507 e. The molecule has 0 spiro atoms.